The number of hydrazine groups is 1. The van der Waals surface area contributed by atoms with Crippen molar-refractivity contribution in [1.82, 2.24) is 0 Å². The highest BCUT2D eigenvalue weighted by atomic mass is 16.5. The Morgan fingerprint density at radius 2 is 1.40 bits per heavy atom. The molecule has 6 nitrogen and oxygen atoms in total. The predicted molar refractivity (Wildman–Crippen MR) is 84.4 cm³/mol. The van der Waals surface area contributed by atoms with Crippen molar-refractivity contribution in [2.75, 3.05) is 13.2 Å². The van der Waals surface area contributed by atoms with Crippen LogP contribution in [0.3, 0.4) is 0 Å². The van der Waals surface area contributed by atoms with E-state index in [0.29, 0.717) is 6.61 Å². The first-order chi connectivity index (χ1) is 9.65. The molecule has 120 valence electrons. The van der Waals surface area contributed by atoms with Gasteiger partial charge in [-0.05, 0) is 6.42 Å². The van der Waals surface area contributed by atoms with Gasteiger partial charge in [0, 0.05) is 6.61 Å². The Morgan fingerprint density at radius 1 is 1.00 bits per heavy atom. The van der Waals surface area contributed by atoms with Gasteiger partial charge in [-0.25, -0.2) is 4.79 Å². The highest BCUT2D eigenvalue weighted by molar-refractivity contribution is 5.69. The minimum atomic E-state index is -0.833. The molecule has 0 spiro atoms. The second-order valence-corrected chi connectivity index (χ2v) is 4.13. The van der Waals surface area contributed by atoms with Gasteiger partial charge in [-0.1, -0.05) is 57.8 Å². The first kappa shape index (κ1) is 23.8. The Morgan fingerprint density at radius 3 is 1.80 bits per heavy atom. The number of hydrogen-bond acceptors (Lipinski definition) is 4. The zero-order valence-electron chi connectivity index (χ0n) is 12.8. The summed E-state index contributed by atoms with van der Waals surface area (Å²) in [6.07, 6.45) is 15.8. The van der Waals surface area contributed by atoms with Crippen molar-refractivity contribution >= 4 is 6.03 Å². The fourth-order valence-corrected chi connectivity index (χ4v) is 1.47. The van der Waals surface area contributed by atoms with E-state index < -0.39 is 6.03 Å². The number of urea groups is 1. The first-order valence-electron chi connectivity index (χ1n) is 7.04. The molecule has 0 saturated heterocycles. The van der Waals surface area contributed by atoms with Gasteiger partial charge >= 0.3 is 6.03 Å². The van der Waals surface area contributed by atoms with Crippen molar-refractivity contribution in [3.8, 4) is 12.3 Å². The van der Waals surface area contributed by atoms with E-state index in [9.17, 15) is 0 Å². The molecule has 2 amide bonds. The minimum absolute atomic E-state index is 0.469. The lowest BCUT2D eigenvalue weighted by molar-refractivity contribution is 0.162. The fraction of sp³-hybridized carbons (Fsp3) is 0.786. The largest absolute Gasteiger partial charge is 0.369 e. The lowest BCUT2D eigenvalue weighted by Crippen LogP contribution is -2.18. The Hall–Kier alpha value is -1.29. The number of primary amides is 2. The lowest BCUT2D eigenvalue weighted by atomic mass is 10.1. The van der Waals surface area contributed by atoms with Crippen molar-refractivity contribution in [1.29, 1.82) is 0 Å². The summed E-state index contributed by atoms with van der Waals surface area (Å²) in [6.45, 7) is 3.55. The summed E-state index contributed by atoms with van der Waals surface area (Å²) in [5.41, 5.74) is 8.50. The van der Waals surface area contributed by atoms with Gasteiger partial charge in [0.2, 0.25) is 0 Å². The Balaban J connectivity index is -0.000000410. The number of terminal acetylenes is 1. The smallest absolute Gasteiger partial charge is 0.309 e. The van der Waals surface area contributed by atoms with E-state index in [1.54, 1.807) is 0 Å². The summed E-state index contributed by atoms with van der Waals surface area (Å²) in [4.78, 5) is 9.00. The zero-order chi connectivity index (χ0) is 16.1. The van der Waals surface area contributed by atoms with Gasteiger partial charge in [-0.2, -0.15) is 0 Å². The fourth-order valence-electron chi connectivity index (χ4n) is 1.47. The Kier molecular flexibility index (Phi) is 31.3. The number of carbonyl (C=O) groups excluding carboxylic acids is 1. The third kappa shape index (κ3) is 43.7. The van der Waals surface area contributed by atoms with Crippen LogP contribution in [-0.2, 0) is 4.74 Å². The van der Waals surface area contributed by atoms with Gasteiger partial charge < -0.3 is 16.2 Å². The molecule has 8 N–H and O–H groups in total. The molecule has 0 fully saturated rings. The molecule has 0 aromatic carbocycles. The van der Waals surface area contributed by atoms with Crippen LogP contribution in [0.4, 0.5) is 4.79 Å². The second-order valence-electron chi connectivity index (χ2n) is 4.13. The van der Waals surface area contributed by atoms with Crippen LogP contribution in [0.25, 0.3) is 0 Å². The van der Waals surface area contributed by atoms with Crippen molar-refractivity contribution in [2.24, 2.45) is 23.2 Å². The van der Waals surface area contributed by atoms with E-state index in [2.05, 4.69) is 36.0 Å². The van der Waals surface area contributed by atoms with Crippen LogP contribution in [0.5, 0.6) is 0 Å². The highest BCUT2D eigenvalue weighted by Crippen LogP contribution is 2.08. The molecule has 0 radical (unpaired) electrons. The summed E-state index contributed by atoms with van der Waals surface area (Å²) >= 11 is 0. The number of unbranched alkanes of at least 4 members (excludes halogenated alkanes) is 7. The molecule has 0 saturated carbocycles. The van der Waals surface area contributed by atoms with Crippen LogP contribution in [0.2, 0.25) is 0 Å². The molecule has 0 aliphatic rings. The molecular formula is C14H32N4O2. The van der Waals surface area contributed by atoms with Crippen LogP contribution in [0.15, 0.2) is 0 Å². The molecule has 0 rings (SSSR count). The standard InChI is InChI=1S/C13H24O.CH4N2O.H4N2/c1-3-5-6-7-8-9-10-11-13-14-12-4-2;2-1(3)4;1-2/h2H,3,5-13H2,1H3;(H4,2,3,4);1-2H2. The van der Waals surface area contributed by atoms with Gasteiger partial charge in [0.25, 0.3) is 0 Å². The van der Waals surface area contributed by atoms with Gasteiger partial charge in [0.15, 0.2) is 0 Å². The normalized spacial score (nSPS) is 8.50. The molecule has 0 unspecified atom stereocenters. The summed E-state index contributed by atoms with van der Waals surface area (Å²) in [6, 6.07) is -0.833. The van der Waals surface area contributed by atoms with Crippen LogP contribution in [-0.4, -0.2) is 19.2 Å². The third-order valence-electron chi connectivity index (χ3n) is 2.33. The highest BCUT2D eigenvalue weighted by Gasteiger charge is 1.91. The third-order valence-corrected chi connectivity index (χ3v) is 2.33. The van der Waals surface area contributed by atoms with E-state index in [4.69, 9.17) is 16.0 Å². The molecule has 20 heavy (non-hydrogen) atoms. The summed E-state index contributed by atoms with van der Waals surface area (Å²) < 4.78 is 5.19. The van der Waals surface area contributed by atoms with Gasteiger partial charge in [0.1, 0.15) is 6.61 Å². The maximum atomic E-state index is 9.00. The molecule has 0 aromatic rings. The Bertz CT molecular complexity index is 214. The molecular weight excluding hydrogens is 256 g/mol. The molecule has 0 heterocycles. The predicted octanol–water partition coefficient (Wildman–Crippen LogP) is 1.62. The van der Waals surface area contributed by atoms with Crippen LogP contribution < -0.4 is 23.2 Å². The van der Waals surface area contributed by atoms with E-state index >= 15 is 0 Å². The monoisotopic (exact) mass is 288 g/mol. The maximum absolute atomic E-state index is 9.00. The SMILES string of the molecule is C#CCOCCCCCCCCCC.NC(N)=O.NN. The number of nitrogens with two attached hydrogens (primary N) is 4. The summed E-state index contributed by atoms with van der Waals surface area (Å²) in [7, 11) is 0. The van der Waals surface area contributed by atoms with E-state index in [0.717, 1.165) is 13.0 Å². The lowest BCUT2D eigenvalue weighted by Gasteiger charge is -2.01. The molecule has 6 heteroatoms. The maximum Gasteiger partial charge on any atom is 0.309 e. The van der Waals surface area contributed by atoms with Crippen LogP contribution >= 0.6 is 0 Å². The van der Waals surface area contributed by atoms with Crippen LogP contribution in [0.1, 0.15) is 58.3 Å². The average Bonchev–Trinajstić information content (AvgIpc) is 2.43. The average molecular weight is 288 g/mol. The topological polar surface area (TPSA) is 130 Å². The van der Waals surface area contributed by atoms with E-state index in [-0.39, 0.29) is 0 Å². The van der Waals surface area contributed by atoms with E-state index in [1.165, 1.54) is 44.9 Å². The van der Waals surface area contributed by atoms with Gasteiger partial charge in [-0.3, -0.25) is 11.7 Å². The van der Waals surface area contributed by atoms with Crippen molar-refractivity contribution in [2.45, 2.75) is 58.3 Å². The molecule has 0 aromatic heterocycles. The Labute approximate surface area is 123 Å². The molecule has 0 atom stereocenters. The second kappa shape index (κ2) is 26.3. The van der Waals surface area contributed by atoms with Gasteiger partial charge in [-0.15, -0.1) is 6.42 Å². The molecule has 0 aliphatic carbocycles. The molecule has 0 aliphatic heterocycles. The quantitative estimate of drug-likeness (QED) is 0.210. The van der Waals surface area contributed by atoms with Gasteiger partial charge in [0.05, 0.1) is 0 Å². The number of carbonyl (C=O) groups is 1. The van der Waals surface area contributed by atoms with Crippen molar-refractivity contribution < 1.29 is 9.53 Å². The number of hydrogen-bond donors (Lipinski definition) is 4. The van der Waals surface area contributed by atoms with Crippen LogP contribution in [0, 0.1) is 12.3 Å². The number of amides is 2. The summed E-state index contributed by atoms with van der Waals surface area (Å²) in [5, 5.41) is 0. The summed E-state index contributed by atoms with van der Waals surface area (Å²) in [5.74, 6) is 10.5. The van der Waals surface area contributed by atoms with E-state index in [1.807, 2.05) is 0 Å². The first-order valence-corrected chi connectivity index (χ1v) is 7.04. The van der Waals surface area contributed by atoms with Crippen molar-refractivity contribution in [3.63, 3.8) is 0 Å². The zero-order valence-corrected chi connectivity index (χ0v) is 12.8. The van der Waals surface area contributed by atoms with Crippen molar-refractivity contribution in [3.05, 3.63) is 0 Å². The minimum Gasteiger partial charge on any atom is -0.369 e. The number of ether oxygens (including phenoxy) is 1. The number of rotatable bonds is 10. The molecule has 0 bridgehead atoms.